The Morgan fingerprint density at radius 1 is 1.42 bits per heavy atom. The summed E-state index contributed by atoms with van der Waals surface area (Å²) >= 11 is 0. The highest BCUT2D eigenvalue weighted by molar-refractivity contribution is 5.16. The Kier molecular flexibility index (Phi) is 2.71. The third-order valence-electron chi connectivity index (χ3n) is 4.76. The summed E-state index contributed by atoms with van der Waals surface area (Å²) < 4.78 is 14.0. The topological polar surface area (TPSA) is 53.4 Å². The molecule has 1 aromatic heterocycles. The fourth-order valence-corrected chi connectivity index (χ4v) is 3.34. The van der Waals surface area contributed by atoms with Gasteiger partial charge in [0.15, 0.2) is 12.3 Å². The zero-order valence-corrected chi connectivity index (χ0v) is 11.8. The molecule has 0 saturated carbocycles. The standard InChI is InChI=1S/C14H20N2O3/c1-5-14(6-2)9(4)10-12(19-14)16-7-8(3)11(17)15-13(16)18-10/h7,9-10,12H,5-6H2,1-4H3/t9-,10-,12+/m0/s1. The molecule has 3 heterocycles. The van der Waals surface area contributed by atoms with Crippen LogP contribution in [0.25, 0.3) is 0 Å². The van der Waals surface area contributed by atoms with Crippen LogP contribution >= 0.6 is 0 Å². The fourth-order valence-electron chi connectivity index (χ4n) is 3.34. The second-order valence-corrected chi connectivity index (χ2v) is 5.57. The lowest BCUT2D eigenvalue weighted by atomic mass is 9.83. The molecule has 1 aromatic rings. The molecule has 0 aliphatic carbocycles. The average Bonchev–Trinajstić information content (AvgIpc) is 2.86. The van der Waals surface area contributed by atoms with Gasteiger partial charge in [-0.25, -0.2) is 0 Å². The van der Waals surface area contributed by atoms with Gasteiger partial charge in [-0.3, -0.25) is 9.36 Å². The number of ether oxygens (including phenoxy) is 2. The Labute approximate surface area is 112 Å². The molecule has 0 amide bonds. The van der Waals surface area contributed by atoms with E-state index in [1.807, 2.05) is 4.57 Å². The predicted octanol–water partition coefficient (Wildman–Crippen LogP) is 2.04. The van der Waals surface area contributed by atoms with Gasteiger partial charge in [0.05, 0.1) is 5.60 Å². The van der Waals surface area contributed by atoms with Crippen LogP contribution < -0.4 is 10.3 Å². The van der Waals surface area contributed by atoms with Crippen LogP contribution in [-0.4, -0.2) is 21.3 Å². The molecule has 0 aromatic carbocycles. The fraction of sp³-hybridized carbons (Fsp3) is 0.714. The summed E-state index contributed by atoms with van der Waals surface area (Å²) in [5.41, 5.74) is 0.259. The Bertz CT molecular complexity index is 562. The van der Waals surface area contributed by atoms with Crippen molar-refractivity contribution in [1.82, 2.24) is 9.55 Å². The van der Waals surface area contributed by atoms with Gasteiger partial charge < -0.3 is 9.47 Å². The zero-order chi connectivity index (χ0) is 13.8. The highest BCUT2D eigenvalue weighted by atomic mass is 16.6. The van der Waals surface area contributed by atoms with Crippen molar-refractivity contribution in [3.05, 3.63) is 22.1 Å². The molecule has 1 saturated heterocycles. The summed E-state index contributed by atoms with van der Waals surface area (Å²) in [4.78, 5) is 15.5. The van der Waals surface area contributed by atoms with E-state index in [2.05, 4.69) is 25.8 Å². The van der Waals surface area contributed by atoms with Crippen molar-refractivity contribution in [2.75, 3.05) is 0 Å². The third kappa shape index (κ3) is 1.57. The summed E-state index contributed by atoms with van der Waals surface area (Å²) in [6, 6.07) is 0.387. The van der Waals surface area contributed by atoms with Gasteiger partial charge in [-0.15, -0.1) is 0 Å². The normalized spacial score (nSPS) is 30.8. The van der Waals surface area contributed by atoms with Crippen LogP contribution in [0.3, 0.4) is 0 Å². The molecule has 5 heteroatoms. The number of aryl methyl sites for hydroxylation is 1. The van der Waals surface area contributed by atoms with Gasteiger partial charge in [-0.1, -0.05) is 20.8 Å². The van der Waals surface area contributed by atoms with E-state index >= 15 is 0 Å². The minimum atomic E-state index is -0.226. The van der Waals surface area contributed by atoms with Crippen LogP contribution in [0.15, 0.2) is 11.0 Å². The van der Waals surface area contributed by atoms with Crippen molar-refractivity contribution < 1.29 is 9.47 Å². The highest BCUT2D eigenvalue weighted by Crippen LogP contribution is 2.50. The summed E-state index contributed by atoms with van der Waals surface area (Å²) in [5, 5.41) is 0. The summed E-state index contributed by atoms with van der Waals surface area (Å²) in [7, 11) is 0. The van der Waals surface area contributed by atoms with Crippen molar-refractivity contribution in [2.24, 2.45) is 5.92 Å². The Balaban J connectivity index is 2.03. The largest absolute Gasteiger partial charge is 0.456 e. The highest BCUT2D eigenvalue weighted by Gasteiger charge is 2.56. The van der Waals surface area contributed by atoms with Gasteiger partial charge in [0.2, 0.25) is 0 Å². The van der Waals surface area contributed by atoms with E-state index in [0.717, 1.165) is 12.8 Å². The van der Waals surface area contributed by atoms with Gasteiger partial charge in [-0.05, 0) is 19.8 Å². The van der Waals surface area contributed by atoms with Crippen molar-refractivity contribution >= 4 is 0 Å². The molecule has 19 heavy (non-hydrogen) atoms. The Morgan fingerprint density at radius 3 is 2.74 bits per heavy atom. The number of hydrogen-bond donors (Lipinski definition) is 0. The number of aromatic nitrogens is 2. The first-order valence-electron chi connectivity index (χ1n) is 6.96. The van der Waals surface area contributed by atoms with Crippen LogP contribution in [0.2, 0.25) is 0 Å². The van der Waals surface area contributed by atoms with Crippen molar-refractivity contribution in [3.8, 4) is 6.01 Å². The molecule has 5 nitrogen and oxygen atoms in total. The van der Waals surface area contributed by atoms with Gasteiger partial charge >= 0.3 is 6.01 Å². The monoisotopic (exact) mass is 264 g/mol. The number of fused-ring (bicyclic) bond motifs is 3. The third-order valence-corrected chi connectivity index (χ3v) is 4.76. The van der Waals surface area contributed by atoms with Crippen LogP contribution in [-0.2, 0) is 4.74 Å². The first-order valence-corrected chi connectivity index (χ1v) is 6.96. The lowest BCUT2D eigenvalue weighted by molar-refractivity contribution is -0.0865. The van der Waals surface area contributed by atoms with E-state index in [1.54, 1.807) is 13.1 Å². The molecule has 0 bridgehead atoms. The number of hydrogen-bond acceptors (Lipinski definition) is 4. The first-order chi connectivity index (χ1) is 9.02. The number of nitrogens with zero attached hydrogens (tertiary/aromatic N) is 2. The lowest BCUT2D eigenvalue weighted by Gasteiger charge is -2.31. The van der Waals surface area contributed by atoms with Crippen LogP contribution in [0.5, 0.6) is 6.01 Å². The van der Waals surface area contributed by atoms with Crippen LogP contribution in [0.1, 0.15) is 45.4 Å². The van der Waals surface area contributed by atoms with Gasteiger partial charge in [0, 0.05) is 17.7 Å². The minimum Gasteiger partial charge on any atom is -0.456 e. The molecule has 104 valence electrons. The van der Waals surface area contributed by atoms with Crippen molar-refractivity contribution in [2.45, 2.75) is 58.5 Å². The second kappa shape index (κ2) is 4.07. The van der Waals surface area contributed by atoms with E-state index in [9.17, 15) is 4.79 Å². The predicted molar refractivity (Wildman–Crippen MR) is 70.2 cm³/mol. The zero-order valence-electron chi connectivity index (χ0n) is 11.8. The van der Waals surface area contributed by atoms with Crippen molar-refractivity contribution in [1.29, 1.82) is 0 Å². The quantitative estimate of drug-likeness (QED) is 0.820. The van der Waals surface area contributed by atoms with E-state index in [4.69, 9.17) is 9.47 Å². The Hall–Kier alpha value is -1.36. The molecule has 0 unspecified atom stereocenters. The molecule has 2 aliphatic rings. The Morgan fingerprint density at radius 2 is 2.11 bits per heavy atom. The van der Waals surface area contributed by atoms with E-state index < -0.39 is 0 Å². The van der Waals surface area contributed by atoms with Gasteiger partial charge in [0.25, 0.3) is 5.56 Å². The summed E-state index contributed by atoms with van der Waals surface area (Å²) in [6.07, 6.45) is 3.51. The van der Waals surface area contributed by atoms with Gasteiger partial charge in [-0.2, -0.15) is 4.98 Å². The maximum Gasteiger partial charge on any atom is 0.302 e. The molecule has 0 N–H and O–H groups in total. The molecule has 1 fully saturated rings. The summed E-state index contributed by atoms with van der Waals surface area (Å²) in [6.45, 7) is 8.23. The SMILES string of the molecule is CCC1(CC)O[C@@H]2[C@@H](Oc3nc(=O)c(C)cn32)[C@@H]1C. The smallest absolute Gasteiger partial charge is 0.302 e. The van der Waals surface area contributed by atoms with E-state index in [-0.39, 0.29) is 29.4 Å². The number of rotatable bonds is 2. The molecule has 3 rings (SSSR count). The first kappa shape index (κ1) is 12.7. The minimum absolute atomic E-state index is 0.0476. The lowest BCUT2D eigenvalue weighted by Crippen LogP contribution is -2.36. The van der Waals surface area contributed by atoms with Crippen LogP contribution in [0.4, 0.5) is 0 Å². The maximum absolute atomic E-state index is 11.6. The molecule has 0 radical (unpaired) electrons. The molecule has 0 spiro atoms. The van der Waals surface area contributed by atoms with Crippen LogP contribution in [0, 0.1) is 12.8 Å². The molecule has 2 aliphatic heterocycles. The second-order valence-electron chi connectivity index (χ2n) is 5.57. The van der Waals surface area contributed by atoms with E-state index in [1.165, 1.54) is 0 Å². The summed E-state index contributed by atoms with van der Waals surface area (Å²) in [5.74, 6) is 0.282. The van der Waals surface area contributed by atoms with Crippen molar-refractivity contribution in [3.63, 3.8) is 0 Å². The average molecular weight is 264 g/mol. The molecule has 3 atom stereocenters. The van der Waals surface area contributed by atoms with Gasteiger partial charge in [0.1, 0.15) is 0 Å². The maximum atomic E-state index is 11.6. The molecular weight excluding hydrogens is 244 g/mol. The molecular formula is C14H20N2O3. The van der Waals surface area contributed by atoms with E-state index in [0.29, 0.717) is 11.6 Å².